The van der Waals surface area contributed by atoms with Gasteiger partial charge in [-0.3, -0.25) is 9.59 Å². The van der Waals surface area contributed by atoms with E-state index < -0.39 is 15.1 Å². The Bertz CT molecular complexity index is 866. The van der Waals surface area contributed by atoms with E-state index in [1.807, 2.05) is 13.0 Å². The standard InChI is InChI=1S/C21H26FIN4O3/c1-13(21(12-24)7-5-16(21)30-10-8-20(2,22)23)26-19(29)15-6-9-25-17(11-15)27-18(28)14-3-4-14/h5-6,9,11-14,24H,3-4,7-8,10H2,1-2H3,(H,26,29)(H,25,27,28). The van der Waals surface area contributed by atoms with E-state index in [0.29, 0.717) is 23.6 Å². The minimum absolute atomic E-state index is 0.0445. The molecule has 0 radical (unpaired) electrons. The molecule has 1 heterocycles. The van der Waals surface area contributed by atoms with Gasteiger partial charge in [-0.25, -0.2) is 9.37 Å². The molecule has 1 fully saturated rings. The van der Waals surface area contributed by atoms with Gasteiger partial charge in [0, 0.05) is 36.4 Å². The van der Waals surface area contributed by atoms with E-state index in [9.17, 15) is 14.0 Å². The first-order valence-corrected chi connectivity index (χ1v) is 11.0. The van der Waals surface area contributed by atoms with Crippen molar-refractivity contribution < 1.29 is 18.7 Å². The average molecular weight is 528 g/mol. The van der Waals surface area contributed by atoms with Crippen LogP contribution in [0.2, 0.25) is 0 Å². The van der Waals surface area contributed by atoms with Crippen LogP contribution in [-0.4, -0.2) is 39.3 Å². The van der Waals surface area contributed by atoms with Crippen molar-refractivity contribution in [2.45, 2.75) is 49.2 Å². The fraction of sp³-hybridized carbons (Fsp3) is 0.524. The molecule has 0 saturated heterocycles. The predicted octanol–water partition coefficient (Wildman–Crippen LogP) is 4.00. The molecule has 3 atom stereocenters. The third kappa shape index (κ3) is 5.35. The van der Waals surface area contributed by atoms with Gasteiger partial charge < -0.3 is 20.8 Å². The summed E-state index contributed by atoms with van der Waals surface area (Å²) in [5.41, 5.74) is -0.379. The van der Waals surface area contributed by atoms with Gasteiger partial charge in [0.15, 0.2) is 3.68 Å². The van der Waals surface area contributed by atoms with Gasteiger partial charge in [0.25, 0.3) is 5.91 Å². The number of alkyl halides is 2. The Kier molecular flexibility index (Phi) is 6.78. The average Bonchev–Trinajstić information content (AvgIpc) is 3.50. The van der Waals surface area contributed by atoms with Crippen LogP contribution >= 0.6 is 22.6 Å². The molecule has 3 N–H and O–H groups in total. The number of allylic oxidation sites excluding steroid dienone is 1. The molecule has 0 bridgehead atoms. The van der Waals surface area contributed by atoms with Gasteiger partial charge in [0.1, 0.15) is 11.6 Å². The Hall–Kier alpha value is -2.04. The second kappa shape index (κ2) is 8.99. The maximum atomic E-state index is 13.7. The number of hydrogen-bond acceptors (Lipinski definition) is 5. The Balaban J connectivity index is 1.60. The van der Waals surface area contributed by atoms with E-state index in [1.54, 1.807) is 28.7 Å². The first-order chi connectivity index (χ1) is 14.1. The molecule has 1 saturated carbocycles. The lowest BCUT2D eigenvalue weighted by Crippen LogP contribution is -2.51. The minimum Gasteiger partial charge on any atom is -0.497 e. The van der Waals surface area contributed by atoms with Gasteiger partial charge in [0.05, 0.1) is 12.0 Å². The fourth-order valence-corrected chi connectivity index (χ4v) is 3.44. The van der Waals surface area contributed by atoms with Gasteiger partial charge in [0.2, 0.25) is 5.91 Å². The number of pyridine rings is 1. The molecule has 0 aliphatic heterocycles. The van der Waals surface area contributed by atoms with Crippen LogP contribution in [-0.2, 0) is 9.53 Å². The summed E-state index contributed by atoms with van der Waals surface area (Å²) in [6.45, 7) is 3.50. The highest BCUT2D eigenvalue weighted by Crippen LogP contribution is 2.43. The zero-order valence-corrected chi connectivity index (χ0v) is 19.2. The topological polar surface area (TPSA) is 104 Å². The summed E-state index contributed by atoms with van der Waals surface area (Å²) in [4.78, 5) is 28.8. The number of rotatable bonds is 10. The van der Waals surface area contributed by atoms with Gasteiger partial charge in [-0.1, -0.05) is 0 Å². The molecular weight excluding hydrogens is 502 g/mol. The second-order valence-corrected chi connectivity index (χ2v) is 10.3. The van der Waals surface area contributed by atoms with E-state index in [-0.39, 0.29) is 30.8 Å². The van der Waals surface area contributed by atoms with Crippen molar-refractivity contribution in [3.05, 3.63) is 35.7 Å². The van der Waals surface area contributed by atoms with Crippen molar-refractivity contribution in [3.63, 3.8) is 0 Å². The number of ether oxygens (including phenoxy) is 1. The van der Waals surface area contributed by atoms with Gasteiger partial charge in [-0.05, 0) is 73.9 Å². The Morgan fingerprint density at radius 3 is 2.83 bits per heavy atom. The molecule has 30 heavy (non-hydrogen) atoms. The SMILES string of the molecule is CC(NC(=O)c1ccnc(NC(=O)C2CC2)c1)C1(C=N)CC=C1OCCC(C)(F)I. The molecule has 0 spiro atoms. The number of aromatic nitrogens is 1. The molecule has 2 aliphatic carbocycles. The summed E-state index contributed by atoms with van der Waals surface area (Å²) in [6, 6.07) is 2.70. The number of carbonyl (C=O) groups is 2. The van der Waals surface area contributed by atoms with Gasteiger partial charge in [-0.15, -0.1) is 0 Å². The largest absolute Gasteiger partial charge is 0.497 e. The molecule has 7 nitrogen and oxygen atoms in total. The molecular formula is C21H26FIN4O3. The first-order valence-electron chi connectivity index (χ1n) is 9.95. The molecule has 1 aromatic heterocycles. The van der Waals surface area contributed by atoms with Crippen molar-refractivity contribution >= 4 is 46.4 Å². The second-order valence-electron chi connectivity index (χ2n) is 8.01. The fourth-order valence-electron chi connectivity index (χ4n) is 3.22. The summed E-state index contributed by atoms with van der Waals surface area (Å²) in [5.74, 6) is 0.562. The maximum absolute atomic E-state index is 13.7. The third-order valence-corrected chi connectivity index (χ3v) is 6.02. The number of carbonyl (C=O) groups excluding carboxylic acids is 2. The highest BCUT2D eigenvalue weighted by molar-refractivity contribution is 14.1. The van der Waals surface area contributed by atoms with Crippen LogP contribution in [0.4, 0.5) is 10.2 Å². The molecule has 3 unspecified atom stereocenters. The zero-order chi connectivity index (χ0) is 21.9. The number of amides is 2. The number of hydrogen-bond donors (Lipinski definition) is 3. The third-order valence-electron chi connectivity index (χ3n) is 5.48. The predicted molar refractivity (Wildman–Crippen MR) is 121 cm³/mol. The van der Waals surface area contributed by atoms with E-state index in [2.05, 4.69) is 15.6 Å². The zero-order valence-electron chi connectivity index (χ0n) is 17.0. The Morgan fingerprint density at radius 1 is 1.53 bits per heavy atom. The molecule has 0 aromatic carbocycles. The Morgan fingerprint density at radius 2 is 2.27 bits per heavy atom. The van der Waals surface area contributed by atoms with Crippen LogP contribution in [0, 0.1) is 16.7 Å². The lowest BCUT2D eigenvalue weighted by atomic mass is 9.69. The van der Waals surface area contributed by atoms with E-state index in [0.717, 1.165) is 12.8 Å². The number of nitrogens with one attached hydrogen (secondary N) is 3. The summed E-state index contributed by atoms with van der Waals surface area (Å²) in [5, 5.41) is 13.6. The quantitative estimate of drug-likeness (QED) is 0.243. The van der Waals surface area contributed by atoms with Crippen LogP contribution in [0.3, 0.4) is 0 Å². The molecule has 2 amide bonds. The van der Waals surface area contributed by atoms with Gasteiger partial charge in [-0.2, -0.15) is 0 Å². The summed E-state index contributed by atoms with van der Waals surface area (Å²) < 4.78 is 18.0. The van der Waals surface area contributed by atoms with Crippen molar-refractivity contribution in [3.8, 4) is 0 Å². The first kappa shape index (κ1) is 22.6. The van der Waals surface area contributed by atoms with Crippen LogP contribution in [0.15, 0.2) is 30.2 Å². The summed E-state index contributed by atoms with van der Waals surface area (Å²) in [7, 11) is 0. The smallest absolute Gasteiger partial charge is 0.251 e. The molecule has 162 valence electrons. The highest BCUT2D eigenvalue weighted by Gasteiger charge is 2.45. The number of halogens is 2. The van der Waals surface area contributed by atoms with E-state index in [4.69, 9.17) is 10.1 Å². The van der Waals surface area contributed by atoms with Crippen molar-refractivity contribution in [1.29, 1.82) is 5.41 Å². The monoisotopic (exact) mass is 528 g/mol. The normalized spacial score (nSPS) is 23.3. The maximum Gasteiger partial charge on any atom is 0.251 e. The molecule has 3 rings (SSSR count). The highest BCUT2D eigenvalue weighted by atomic mass is 127. The summed E-state index contributed by atoms with van der Waals surface area (Å²) in [6.07, 6.45) is 7.17. The number of anilines is 1. The van der Waals surface area contributed by atoms with Gasteiger partial charge >= 0.3 is 0 Å². The van der Waals surface area contributed by atoms with Crippen LogP contribution in [0.5, 0.6) is 0 Å². The van der Waals surface area contributed by atoms with Crippen molar-refractivity contribution in [1.82, 2.24) is 10.3 Å². The van der Waals surface area contributed by atoms with E-state index in [1.165, 1.54) is 25.4 Å². The lowest BCUT2D eigenvalue weighted by Gasteiger charge is -2.42. The van der Waals surface area contributed by atoms with Crippen molar-refractivity contribution in [2.75, 3.05) is 11.9 Å². The summed E-state index contributed by atoms with van der Waals surface area (Å²) >= 11 is 1.72. The van der Waals surface area contributed by atoms with Crippen LogP contribution < -0.4 is 10.6 Å². The minimum atomic E-state index is -1.36. The molecule has 9 heteroatoms. The van der Waals surface area contributed by atoms with Crippen LogP contribution in [0.1, 0.15) is 49.9 Å². The molecule has 1 aromatic rings. The lowest BCUT2D eigenvalue weighted by molar-refractivity contribution is -0.117. The Labute approximate surface area is 188 Å². The van der Waals surface area contributed by atoms with Crippen LogP contribution in [0.25, 0.3) is 0 Å². The number of nitrogens with zero attached hydrogens (tertiary/aromatic N) is 1. The molecule has 2 aliphatic rings. The van der Waals surface area contributed by atoms with Crippen molar-refractivity contribution in [2.24, 2.45) is 11.3 Å². The van der Waals surface area contributed by atoms with E-state index >= 15 is 0 Å².